The molecule has 51 heteroatoms. The number of nitrogens with one attached hydrogen (secondary N) is 4. The molecule has 0 fully saturated rings. The van der Waals surface area contributed by atoms with Gasteiger partial charge in [-0.3, -0.25) is 38.4 Å². The van der Waals surface area contributed by atoms with E-state index in [2.05, 4.69) is 9.97 Å². The molecule has 2 aliphatic heterocycles. The number of esters is 1. The third-order valence-corrected chi connectivity index (χ3v) is 30.2. The van der Waals surface area contributed by atoms with Crippen molar-refractivity contribution in [2.24, 2.45) is 14.1 Å². The zero-order chi connectivity index (χ0) is 105. The van der Waals surface area contributed by atoms with Gasteiger partial charge in [0.25, 0.3) is 54.8 Å². The van der Waals surface area contributed by atoms with Crippen molar-refractivity contribution < 1.29 is 119 Å². The molecule has 0 bridgehead atoms. The highest BCUT2D eigenvalue weighted by Crippen LogP contribution is 2.46. The quantitative estimate of drug-likeness (QED) is 0.0264. The van der Waals surface area contributed by atoms with Crippen molar-refractivity contribution in [3.63, 3.8) is 0 Å². The summed E-state index contributed by atoms with van der Waals surface area (Å²) in [5.41, 5.74) is -5.31. The molecule has 746 valence electrons. The van der Waals surface area contributed by atoms with E-state index in [0.29, 0.717) is 65.0 Å². The summed E-state index contributed by atoms with van der Waals surface area (Å²) >= 11 is 27.1. The molecule has 12 heterocycles. The number of aromatic carboxylic acids is 2. The lowest BCUT2D eigenvalue weighted by Crippen LogP contribution is -2.42. The minimum absolute atomic E-state index is 0.0104. The number of nitrogens with zero attached hydrogens (tertiary/aromatic N) is 8. The molecule has 6 N–H and O–H groups in total. The lowest BCUT2D eigenvalue weighted by molar-refractivity contribution is -0.138. The summed E-state index contributed by atoms with van der Waals surface area (Å²) in [6.07, 6.45) is -9.95. The number of carbonyl (C=O) groups excluding carboxylic acids is 7. The van der Waals surface area contributed by atoms with Crippen molar-refractivity contribution in [3.8, 4) is 11.4 Å². The van der Waals surface area contributed by atoms with Gasteiger partial charge in [-0.05, 0) is 174 Å². The number of aryl methyl sites for hydroxylation is 2. The predicted molar refractivity (Wildman–Crippen MR) is 520 cm³/mol. The Hall–Kier alpha value is -15.8. The zero-order valence-electron chi connectivity index (χ0n) is 73.8. The molecule has 18 aromatic rings. The minimum Gasteiger partial charge on any atom is -0.477 e. The average molecular weight is 2180 g/mol. The fourth-order valence-corrected chi connectivity index (χ4v) is 22.7. The van der Waals surface area contributed by atoms with Crippen LogP contribution in [0.3, 0.4) is 0 Å². The smallest absolute Gasteiger partial charge is 0.416 e. The summed E-state index contributed by atoms with van der Waals surface area (Å²) in [7, 11) is -6.54. The van der Waals surface area contributed by atoms with Crippen LogP contribution < -0.4 is 41.7 Å². The number of hydrogen-bond acceptors (Lipinski definition) is 22. The number of sulfonamides is 2. The van der Waals surface area contributed by atoms with E-state index in [1.54, 1.807) is 64.9 Å². The molecular weight excluding hydrogens is 2120 g/mol. The first-order chi connectivity index (χ1) is 69.1. The molecule has 0 atom stereocenters. The summed E-state index contributed by atoms with van der Waals surface area (Å²) in [6.45, 7) is 1.22. The average Bonchev–Trinajstić information content (AvgIpc) is 1.58. The standard InChI is InChI=1S/C25H17F3N2O7S.C24H15ClF2N4O5S.C24H14F4N2O4S.C22H13Cl3N4O5S2/c1-2-36-24(35)18-6-4-14(37-18)9-29-17-5-3-13(25(26,27)28)8-15(17)20(21(29)23(33)34)30-19(31)7-12-10-38-11-16(12)22(30)32;1-30-18-10-9-12(25)11-14(18)19(31-23(33)13-5-2-3-8-17(13)28-24(31)34)20(30)22(32)29-37(35,36)21-15(26)6-4-7-16(21)27;25-15-4-1-12(2-5-15)9-29-18-6-3-14(24(26,27)28)8-16(18)20(21(29)23(33)34)30-19(31)7-13-10-35-11-17(13)22(30)32;1-28-15-7-6-10(23)8-12(15)17(29-21(31)11-4-2-3-5-14(11)26-22(29)32)18(28)20(30)27-36(33,34)16-9-13(24)19(25)35-16/h3-6,8,10-11H,2,7,9H2,1H3,(H,33,34);2-11H,1H3,(H,28,34)(H,29,32);1-6,8,10-11H,7,9H2,(H,33,34);2-9H,1H3,(H,26,32)(H,27,30). The summed E-state index contributed by atoms with van der Waals surface area (Å²) in [6, 6.07) is 38.2. The molecular formula is C95H59Cl4F9N12O21S5. The monoisotopic (exact) mass is 2170 g/mol. The number of thiophene rings is 3. The molecule has 0 saturated carbocycles. The van der Waals surface area contributed by atoms with Crippen LogP contribution in [-0.2, 0) is 86.8 Å². The second-order valence-electron chi connectivity index (χ2n) is 32.0. The largest absolute Gasteiger partial charge is 0.477 e. The number of anilines is 2. The number of amides is 6. The van der Waals surface area contributed by atoms with Gasteiger partial charge >= 0.3 is 41.6 Å². The van der Waals surface area contributed by atoms with Crippen molar-refractivity contribution in [2.45, 2.75) is 54.3 Å². The van der Waals surface area contributed by atoms with Gasteiger partial charge in [-0.1, -0.05) is 88.9 Å². The van der Waals surface area contributed by atoms with Crippen molar-refractivity contribution in [3.05, 3.63) is 355 Å². The molecule has 8 aromatic carbocycles. The molecule has 0 saturated heterocycles. The Morgan fingerprint density at radius 2 is 0.918 bits per heavy atom. The number of carboxylic acids is 2. The highest BCUT2D eigenvalue weighted by atomic mass is 35.5. The number of rotatable bonds is 18. The number of imide groups is 2. The van der Waals surface area contributed by atoms with Crippen molar-refractivity contribution in [1.82, 2.24) is 46.8 Å². The Kier molecular flexibility index (Phi) is 27.2. The number of furan rings is 1. The minimum atomic E-state index is -5.05. The Morgan fingerprint density at radius 3 is 1.35 bits per heavy atom. The van der Waals surface area contributed by atoms with E-state index in [0.717, 1.165) is 63.7 Å². The van der Waals surface area contributed by atoms with Crippen molar-refractivity contribution >= 4 is 231 Å². The number of alkyl halides is 6. The normalized spacial score (nSPS) is 12.8. The van der Waals surface area contributed by atoms with Crippen LogP contribution >= 0.6 is 80.4 Å². The number of para-hydroxylation sites is 2. The molecule has 0 aliphatic carbocycles. The van der Waals surface area contributed by atoms with Crippen LogP contribution in [0.4, 0.5) is 50.9 Å². The Bertz CT molecular complexity index is 9150. The Balaban J connectivity index is 0.000000133. The SMILES string of the molecule is CCOC(=O)c1ccc(Cn2c(C(=O)O)c(N3C(=O)Cc4cscc4C3=O)c3cc(C(F)(F)F)ccc32)o1.Cn1c(C(=O)NS(=O)(=O)c2c(F)cccc2F)c(-n2c(=O)[nH]c3ccccc3c2=O)c2cc(Cl)ccc21.Cn1c(C(=O)NS(=O)(=O)c2cc(Cl)c(Cl)s2)c(-n2c(=O)[nH]c3ccccc3c2=O)c2cc(Cl)ccc21.O=C(O)c1c(N2C(=O)Cc3cscc3C2=O)c2cc(C(F)(F)F)ccc2n1Cc1ccc(F)cc1. The molecule has 0 spiro atoms. The number of aromatic nitrogens is 8. The molecule has 6 amide bonds. The fourth-order valence-electron chi connectivity index (χ4n) is 16.8. The maximum Gasteiger partial charge on any atom is 0.416 e. The predicted octanol–water partition coefficient (Wildman–Crippen LogP) is 17.8. The molecule has 33 nitrogen and oxygen atoms in total. The first-order valence-corrected chi connectivity index (χ1v) is 49.1. The number of carbonyl (C=O) groups is 9. The number of hydrogen-bond donors (Lipinski definition) is 6. The zero-order valence-corrected chi connectivity index (χ0v) is 81.0. The molecule has 0 radical (unpaired) electrons. The van der Waals surface area contributed by atoms with Crippen LogP contribution in [0, 0.1) is 17.5 Å². The van der Waals surface area contributed by atoms with Gasteiger partial charge in [-0.15, -0.1) is 11.3 Å². The van der Waals surface area contributed by atoms with E-state index in [1.165, 1.54) is 140 Å². The van der Waals surface area contributed by atoms with Crippen molar-refractivity contribution in [1.29, 1.82) is 0 Å². The summed E-state index contributed by atoms with van der Waals surface area (Å²) in [5, 5.41) is 27.4. The van der Waals surface area contributed by atoms with E-state index in [4.69, 9.17) is 55.6 Å². The first-order valence-electron chi connectivity index (χ1n) is 41.9. The molecule has 2 aliphatic rings. The highest BCUT2D eigenvalue weighted by Gasteiger charge is 2.44. The molecule has 0 unspecified atom stereocenters. The van der Waals surface area contributed by atoms with Gasteiger partial charge in [0.15, 0.2) is 16.3 Å². The number of benzene rings is 8. The maximum atomic E-state index is 14.2. The van der Waals surface area contributed by atoms with E-state index < -0.39 is 170 Å². The van der Waals surface area contributed by atoms with Crippen LogP contribution in [0.5, 0.6) is 0 Å². The van der Waals surface area contributed by atoms with Gasteiger partial charge in [0, 0.05) is 63.0 Å². The van der Waals surface area contributed by atoms with Gasteiger partial charge < -0.3 is 47.6 Å². The lowest BCUT2D eigenvalue weighted by Gasteiger charge is -2.25. The van der Waals surface area contributed by atoms with Gasteiger partial charge in [0.1, 0.15) is 43.1 Å². The van der Waals surface area contributed by atoms with Crippen LogP contribution in [0.15, 0.2) is 236 Å². The van der Waals surface area contributed by atoms with E-state index >= 15 is 0 Å². The van der Waals surface area contributed by atoms with E-state index in [-0.39, 0.29) is 145 Å². The van der Waals surface area contributed by atoms with Gasteiger partial charge in [-0.25, -0.2) is 82.4 Å². The summed E-state index contributed by atoms with van der Waals surface area (Å²) in [5.74, 6) is -12.9. The van der Waals surface area contributed by atoms with Gasteiger partial charge in [0.2, 0.25) is 17.6 Å². The number of carboxylic acid groups (broad SMARTS) is 2. The number of halogens is 13. The summed E-state index contributed by atoms with van der Waals surface area (Å²) < 4.78 is 195. The van der Waals surface area contributed by atoms with Gasteiger partial charge in [0.05, 0.1) is 120 Å². The summed E-state index contributed by atoms with van der Waals surface area (Å²) in [4.78, 5) is 175. The fraction of sp³-hybridized carbons (Fsp3) is 0.105. The molecule has 10 aromatic heterocycles. The van der Waals surface area contributed by atoms with Crippen LogP contribution in [-0.4, -0.2) is 124 Å². The van der Waals surface area contributed by atoms with E-state index in [9.17, 15) is 129 Å². The third-order valence-electron chi connectivity index (χ3n) is 23.1. The van der Waals surface area contributed by atoms with Gasteiger partial charge in [-0.2, -0.15) is 49.0 Å². The number of ether oxygens (including phenoxy) is 1. The first kappa shape index (κ1) is 102. The molecule has 146 heavy (non-hydrogen) atoms. The number of H-pyrrole nitrogens is 2. The topological polar surface area (TPSA) is 445 Å². The van der Waals surface area contributed by atoms with Crippen LogP contribution in [0.1, 0.15) is 114 Å². The molecule has 20 rings (SSSR count). The Labute approximate surface area is 841 Å². The highest BCUT2D eigenvalue weighted by molar-refractivity contribution is 7.92. The number of aromatic amines is 2. The number of fused-ring (bicyclic) bond motifs is 8. The van der Waals surface area contributed by atoms with E-state index in [1.807, 2.05) is 4.72 Å². The van der Waals surface area contributed by atoms with Crippen LogP contribution in [0.25, 0.3) is 76.8 Å². The second-order valence-corrected chi connectivity index (χ2v) is 39.9. The lowest BCUT2D eigenvalue weighted by atomic mass is 10.0. The van der Waals surface area contributed by atoms with Crippen LogP contribution in [0.2, 0.25) is 19.4 Å². The Morgan fingerprint density at radius 1 is 0.486 bits per heavy atom. The second kappa shape index (κ2) is 39.1. The van der Waals surface area contributed by atoms with Crippen molar-refractivity contribution in [2.75, 3.05) is 16.4 Å². The third kappa shape index (κ3) is 18.8. The maximum absolute atomic E-state index is 14.2.